The van der Waals surface area contributed by atoms with Crippen molar-refractivity contribution in [2.24, 2.45) is 5.73 Å². The van der Waals surface area contributed by atoms with E-state index >= 15 is 0 Å². The summed E-state index contributed by atoms with van der Waals surface area (Å²) in [6, 6.07) is 4.78. The summed E-state index contributed by atoms with van der Waals surface area (Å²) in [5.74, 6) is 1.87. The number of urea groups is 1. The van der Waals surface area contributed by atoms with Crippen molar-refractivity contribution in [1.82, 2.24) is 5.32 Å². The fourth-order valence-electron chi connectivity index (χ4n) is 2.36. The average Bonchev–Trinajstić information content (AvgIpc) is 2.49. The smallest absolute Gasteiger partial charge is 0.318 e. The molecule has 0 aromatic heterocycles. The molecule has 1 aliphatic rings. The van der Waals surface area contributed by atoms with Gasteiger partial charge in [-0.15, -0.1) is 0 Å². The number of benzene rings is 1. The van der Waals surface area contributed by atoms with Crippen molar-refractivity contribution in [3.63, 3.8) is 0 Å². The number of rotatable bonds is 4. The van der Waals surface area contributed by atoms with Gasteiger partial charge >= 0.3 is 6.03 Å². The van der Waals surface area contributed by atoms with Crippen molar-refractivity contribution >= 4 is 35.1 Å². The number of hydrogen-bond donors (Lipinski definition) is 3. The molecule has 1 atom stereocenters. The third-order valence-electron chi connectivity index (χ3n) is 3.60. The predicted octanol–water partition coefficient (Wildman–Crippen LogP) is 1.54. The minimum absolute atomic E-state index is 0.441. The maximum atomic E-state index is 11.7. The quantitative estimate of drug-likeness (QED) is 0.783. The second kappa shape index (κ2) is 7.40. The van der Waals surface area contributed by atoms with Crippen molar-refractivity contribution in [3.05, 3.63) is 23.8 Å². The van der Waals surface area contributed by atoms with Crippen LogP contribution in [0.5, 0.6) is 0 Å². The molecule has 1 fully saturated rings. The summed E-state index contributed by atoms with van der Waals surface area (Å²) in [5.41, 5.74) is 8.10. The number of aryl methyl sites for hydroxylation is 1. The minimum atomic E-state index is -0.839. The summed E-state index contributed by atoms with van der Waals surface area (Å²) in [7, 11) is 0. The van der Waals surface area contributed by atoms with E-state index in [1.54, 1.807) is 6.92 Å². The molecule has 7 heteroatoms. The number of amides is 3. The molecule has 22 heavy (non-hydrogen) atoms. The van der Waals surface area contributed by atoms with Crippen LogP contribution in [0.15, 0.2) is 18.2 Å². The number of nitrogens with two attached hydrogens (primary N) is 1. The van der Waals surface area contributed by atoms with Gasteiger partial charge in [0.2, 0.25) is 5.91 Å². The first-order valence-electron chi connectivity index (χ1n) is 7.27. The Balaban J connectivity index is 2.03. The first-order valence-corrected chi connectivity index (χ1v) is 8.43. The summed E-state index contributed by atoms with van der Waals surface area (Å²) in [6.07, 6.45) is 0. The molecule has 0 aliphatic carbocycles. The van der Waals surface area contributed by atoms with Crippen LogP contribution in [0.25, 0.3) is 0 Å². The van der Waals surface area contributed by atoms with Crippen molar-refractivity contribution in [3.8, 4) is 0 Å². The van der Waals surface area contributed by atoms with E-state index in [-0.39, 0.29) is 0 Å². The van der Waals surface area contributed by atoms with Crippen molar-refractivity contribution in [2.45, 2.75) is 19.9 Å². The lowest BCUT2D eigenvalue weighted by atomic mass is 10.1. The van der Waals surface area contributed by atoms with Gasteiger partial charge in [-0.25, -0.2) is 4.79 Å². The van der Waals surface area contributed by atoms with Crippen LogP contribution >= 0.6 is 11.8 Å². The number of hydrogen-bond acceptors (Lipinski definition) is 5. The normalized spacial score (nSPS) is 16.0. The molecule has 1 aromatic rings. The molecule has 4 N–H and O–H groups in total. The summed E-state index contributed by atoms with van der Waals surface area (Å²) < 4.78 is 0. The lowest BCUT2D eigenvalue weighted by molar-refractivity contribution is -0.120. The SMILES string of the molecule is Cc1cc(N2CCSCC2)ccc1N[C@H](C)C(=O)NC(N)=O. The molecular weight excluding hydrogens is 300 g/mol. The van der Waals surface area contributed by atoms with Crippen molar-refractivity contribution < 1.29 is 9.59 Å². The zero-order valence-electron chi connectivity index (χ0n) is 12.9. The van der Waals surface area contributed by atoms with Crippen LogP contribution in [0.1, 0.15) is 12.5 Å². The van der Waals surface area contributed by atoms with Gasteiger partial charge in [0.15, 0.2) is 0 Å². The monoisotopic (exact) mass is 322 g/mol. The Morgan fingerprint density at radius 2 is 2.00 bits per heavy atom. The number of primary amides is 1. The Hall–Kier alpha value is -1.89. The summed E-state index contributed by atoms with van der Waals surface area (Å²) >= 11 is 1.98. The van der Waals surface area contributed by atoms with Gasteiger partial charge in [0.05, 0.1) is 0 Å². The summed E-state index contributed by atoms with van der Waals surface area (Å²) in [6.45, 7) is 5.82. The van der Waals surface area contributed by atoms with Crippen LogP contribution < -0.4 is 21.3 Å². The molecule has 3 amide bonds. The van der Waals surface area contributed by atoms with Gasteiger partial charge in [-0.05, 0) is 37.6 Å². The number of imide groups is 1. The zero-order valence-corrected chi connectivity index (χ0v) is 13.7. The minimum Gasteiger partial charge on any atom is -0.374 e. The molecule has 6 nitrogen and oxygen atoms in total. The van der Waals surface area contributed by atoms with E-state index in [0.29, 0.717) is 0 Å². The summed E-state index contributed by atoms with van der Waals surface area (Å²) in [5, 5.41) is 5.18. The second-order valence-electron chi connectivity index (χ2n) is 5.32. The Bertz CT molecular complexity index is 558. The molecule has 1 saturated heterocycles. The molecule has 0 unspecified atom stereocenters. The van der Waals surface area contributed by atoms with Gasteiger partial charge in [0.25, 0.3) is 0 Å². The fraction of sp³-hybridized carbons (Fsp3) is 0.467. The maximum Gasteiger partial charge on any atom is 0.318 e. The zero-order chi connectivity index (χ0) is 16.1. The molecule has 120 valence electrons. The van der Waals surface area contributed by atoms with Gasteiger partial charge in [0.1, 0.15) is 6.04 Å². The third kappa shape index (κ3) is 4.30. The molecule has 0 spiro atoms. The van der Waals surface area contributed by atoms with Crippen LogP contribution in [0.4, 0.5) is 16.2 Å². The van der Waals surface area contributed by atoms with Crippen molar-refractivity contribution in [2.75, 3.05) is 34.8 Å². The average molecular weight is 322 g/mol. The van der Waals surface area contributed by atoms with E-state index in [1.807, 2.05) is 24.8 Å². The number of carbonyl (C=O) groups is 2. The van der Waals surface area contributed by atoms with Crippen LogP contribution in [0, 0.1) is 6.92 Å². The fourth-order valence-corrected chi connectivity index (χ4v) is 3.26. The topological polar surface area (TPSA) is 87.5 Å². The number of nitrogens with zero attached hydrogens (tertiary/aromatic N) is 1. The number of thioether (sulfide) groups is 1. The lowest BCUT2D eigenvalue weighted by Gasteiger charge is -2.29. The molecule has 1 heterocycles. The Labute approximate surface area is 134 Å². The van der Waals surface area contributed by atoms with Gasteiger partial charge in [0, 0.05) is 36.0 Å². The predicted molar refractivity (Wildman–Crippen MR) is 91.5 cm³/mol. The molecule has 0 bridgehead atoms. The van der Waals surface area contributed by atoms with E-state index in [0.717, 1.165) is 35.8 Å². The molecule has 2 rings (SSSR count). The largest absolute Gasteiger partial charge is 0.374 e. The highest BCUT2D eigenvalue weighted by Crippen LogP contribution is 2.25. The highest BCUT2D eigenvalue weighted by atomic mass is 32.2. The first kappa shape index (κ1) is 16.5. The summed E-state index contributed by atoms with van der Waals surface area (Å²) in [4.78, 5) is 24.8. The molecule has 0 radical (unpaired) electrons. The van der Waals surface area contributed by atoms with Gasteiger partial charge in [-0.2, -0.15) is 11.8 Å². The van der Waals surface area contributed by atoms with Crippen molar-refractivity contribution in [1.29, 1.82) is 0 Å². The van der Waals surface area contributed by atoms with Crippen LogP contribution in [0.3, 0.4) is 0 Å². The number of carbonyl (C=O) groups excluding carboxylic acids is 2. The van der Waals surface area contributed by atoms with E-state index in [2.05, 4.69) is 27.7 Å². The molecule has 1 aromatic carbocycles. The highest BCUT2D eigenvalue weighted by Gasteiger charge is 2.16. The van der Waals surface area contributed by atoms with Crippen LogP contribution in [-0.4, -0.2) is 42.6 Å². The second-order valence-corrected chi connectivity index (χ2v) is 6.54. The number of nitrogens with one attached hydrogen (secondary N) is 2. The lowest BCUT2D eigenvalue weighted by Crippen LogP contribution is -2.43. The van der Waals surface area contributed by atoms with Gasteiger partial charge in [-0.1, -0.05) is 0 Å². The Kier molecular flexibility index (Phi) is 5.54. The van der Waals surface area contributed by atoms with Crippen LogP contribution in [0.2, 0.25) is 0 Å². The maximum absolute atomic E-state index is 11.7. The van der Waals surface area contributed by atoms with E-state index in [4.69, 9.17) is 5.73 Å². The molecule has 0 saturated carbocycles. The van der Waals surface area contributed by atoms with Gasteiger partial charge in [-0.3, -0.25) is 10.1 Å². The van der Waals surface area contributed by atoms with E-state index < -0.39 is 18.0 Å². The highest BCUT2D eigenvalue weighted by molar-refractivity contribution is 7.99. The number of anilines is 2. The third-order valence-corrected chi connectivity index (χ3v) is 4.54. The van der Waals surface area contributed by atoms with E-state index in [1.165, 1.54) is 5.69 Å². The van der Waals surface area contributed by atoms with Gasteiger partial charge < -0.3 is 16.0 Å². The Morgan fingerprint density at radius 3 is 2.59 bits per heavy atom. The van der Waals surface area contributed by atoms with Crippen LogP contribution in [-0.2, 0) is 4.79 Å². The van der Waals surface area contributed by atoms with E-state index in [9.17, 15) is 9.59 Å². The standard InChI is InChI=1S/C15H22N4O2S/c1-10-9-12(19-5-7-22-8-6-19)3-4-13(10)17-11(2)14(20)18-15(16)21/h3-4,9,11,17H,5-8H2,1-2H3,(H3,16,18,20,21)/t11-/m1/s1. The first-order chi connectivity index (χ1) is 10.5. The Morgan fingerprint density at radius 1 is 1.32 bits per heavy atom. The molecular formula is C15H22N4O2S. The molecule has 1 aliphatic heterocycles.